The van der Waals surface area contributed by atoms with E-state index in [1.807, 2.05) is 0 Å². The average Bonchev–Trinajstić information content (AvgIpc) is 3.52. The summed E-state index contributed by atoms with van der Waals surface area (Å²) in [4.78, 5) is 5.45. The Morgan fingerprint density at radius 2 is 1.63 bits per heavy atom. The predicted octanol–water partition coefficient (Wildman–Crippen LogP) is 8.93. The summed E-state index contributed by atoms with van der Waals surface area (Å²) >= 11 is 0. The minimum atomic E-state index is -0.136. The fourth-order valence-electron chi connectivity index (χ4n) is 10.6. The first-order valence-electron chi connectivity index (χ1n) is 19.4. The molecule has 4 aliphatic rings. The van der Waals surface area contributed by atoms with Crippen molar-refractivity contribution in [3.63, 3.8) is 0 Å². The van der Waals surface area contributed by atoms with E-state index < -0.39 is 0 Å². The number of benzene rings is 4. The van der Waals surface area contributed by atoms with E-state index >= 15 is 0 Å². The summed E-state index contributed by atoms with van der Waals surface area (Å²) in [6.45, 7) is 8.01. The van der Waals surface area contributed by atoms with Crippen molar-refractivity contribution in [3.05, 3.63) is 138 Å². The molecule has 2 heterocycles. The van der Waals surface area contributed by atoms with Gasteiger partial charge >= 0.3 is 0 Å². The molecule has 5 atom stereocenters. The summed E-state index contributed by atoms with van der Waals surface area (Å²) in [5.74, 6) is 2.67. The number of hydrogen-bond donors (Lipinski definition) is 1. The second-order valence-corrected chi connectivity index (χ2v) is 15.4. The highest BCUT2D eigenvalue weighted by molar-refractivity contribution is 5.65. The fraction of sp³-hybridized carbons (Fsp3) is 0.435. The summed E-state index contributed by atoms with van der Waals surface area (Å²) in [6.07, 6.45) is 12.2. The molecule has 266 valence electrons. The highest BCUT2D eigenvalue weighted by Crippen LogP contribution is 2.65. The first-order valence-corrected chi connectivity index (χ1v) is 19.4. The van der Waals surface area contributed by atoms with Crippen molar-refractivity contribution in [2.75, 3.05) is 33.3 Å². The number of nitrogens with zero attached hydrogens (tertiary/aromatic N) is 2. The van der Waals surface area contributed by atoms with Crippen LogP contribution in [0.15, 0.2) is 110 Å². The number of aromatic hydroxyl groups is 1. The molecule has 2 aliphatic heterocycles. The van der Waals surface area contributed by atoms with Crippen LogP contribution in [0, 0.1) is 5.92 Å². The number of methoxy groups -OCH3 is 1. The van der Waals surface area contributed by atoms with Crippen molar-refractivity contribution in [1.29, 1.82) is 0 Å². The minimum Gasteiger partial charge on any atom is -0.508 e. The Bertz CT molecular complexity index is 1740. The van der Waals surface area contributed by atoms with Gasteiger partial charge in [0.05, 0.1) is 7.11 Å². The van der Waals surface area contributed by atoms with Crippen molar-refractivity contribution < 1.29 is 14.6 Å². The summed E-state index contributed by atoms with van der Waals surface area (Å²) < 4.78 is 13.3. The third kappa shape index (κ3) is 6.27. The van der Waals surface area contributed by atoms with Gasteiger partial charge in [0.25, 0.3) is 0 Å². The number of rotatable bonds is 15. The molecule has 8 rings (SSSR count). The molecule has 1 saturated carbocycles. The molecule has 4 aromatic carbocycles. The average molecular weight is 683 g/mol. The van der Waals surface area contributed by atoms with Gasteiger partial charge in [-0.15, -0.1) is 6.58 Å². The first-order chi connectivity index (χ1) is 25.1. The SMILES string of the molecule is C=CCN1CC[C@]23c4c5c(O)cc(OC)c4O[C@H]2[C@H](N(CCCCCCc2ccccc2)CC(c2ccccc2)c2ccccc2)CC[C@H]3[C@H]1C5. The molecule has 51 heavy (non-hydrogen) atoms. The number of aryl methyl sites for hydroxylation is 1. The zero-order valence-electron chi connectivity index (χ0n) is 30.3. The lowest BCUT2D eigenvalue weighted by Gasteiger charge is -2.60. The standard InChI is InChI=1S/C46H54N2O3/c1-3-27-47-29-26-46-38-24-25-39(45(46)51-44-42(50-2)31-41(49)36(43(44)46)30-40(38)47)48(28-16-5-4-9-17-33-18-10-6-11-19-33)32-37(34-20-12-7-13-21-34)35-22-14-8-15-23-35/h3,6-8,10-15,18-23,31,37-40,45,49H,1,4-5,9,16-17,24-30,32H2,2H3/t38-,39+,40+,45-,46-/m0/s1. The van der Waals surface area contributed by atoms with Gasteiger partial charge in [-0.3, -0.25) is 9.80 Å². The molecule has 5 heteroatoms. The maximum atomic E-state index is 11.5. The maximum absolute atomic E-state index is 11.5. The van der Waals surface area contributed by atoms with E-state index in [0.29, 0.717) is 23.5 Å². The topological polar surface area (TPSA) is 45.2 Å². The van der Waals surface area contributed by atoms with Gasteiger partial charge in [0, 0.05) is 53.7 Å². The molecular formula is C46H54N2O3. The quantitative estimate of drug-likeness (QED) is 0.100. The molecule has 0 radical (unpaired) electrons. The van der Waals surface area contributed by atoms with E-state index in [2.05, 4.69) is 113 Å². The molecule has 5 nitrogen and oxygen atoms in total. The molecule has 2 fully saturated rings. The van der Waals surface area contributed by atoms with Gasteiger partial charge in [0.2, 0.25) is 0 Å². The number of phenolic OH excluding ortho intramolecular Hbond substituents is 1. The van der Waals surface area contributed by atoms with Crippen LogP contribution in [0.5, 0.6) is 17.2 Å². The molecular weight excluding hydrogens is 629 g/mol. The van der Waals surface area contributed by atoms with E-state index in [1.54, 1.807) is 13.2 Å². The first kappa shape index (κ1) is 34.0. The van der Waals surface area contributed by atoms with Gasteiger partial charge < -0.3 is 14.6 Å². The molecule has 4 aromatic rings. The monoisotopic (exact) mass is 682 g/mol. The molecule has 1 N–H and O–H groups in total. The molecule has 0 unspecified atom stereocenters. The van der Waals surface area contributed by atoms with E-state index in [9.17, 15) is 5.11 Å². The highest BCUT2D eigenvalue weighted by atomic mass is 16.5. The Kier molecular flexibility index (Phi) is 9.94. The molecule has 0 amide bonds. The van der Waals surface area contributed by atoms with Crippen LogP contribution in [0.1, 0.15) is 78.7 Å². The van der Waals surface area contributed by atoms with Gasteiger partial charge in [0.15, 0.2) is 11.5 Å². The normalized spacial score (nSPS) is 24.7. The number of piperidine rings is 1. The number of ether oxygens (including phenoxy) is 2. The lowest BCUT2D eigenvalue weighted by molar-refractivity contribution is -0.0869. The van der Waals surface area contributed by atoms with Crippen LogP contribution in [0.4, 0.5) is 0 Å². The molecule has 0 aromatic heterocycles. The minimum absolute atomic E-state index is 0.0136. The third-order valence-corrected chi connectivity index (χ3v) is 12.9. The van der Waals surface area contributed by atoms with Crippen molar-refractivity contribution in [2.45, 2.75) is 87.3 Å². The molecule has 2 bridgehead atoms. The Labute approximate surface area is 304 Å². The van der Waals surface area contributed by atoms with Gasteiger partial charge in [-0.2, -0.15) is 0 Å². The van der Waals surface area contributed by atoms with Crippen LogP contribution >= 0.6 is 0 Å². The Balaban J connectivity index is 1.13. The zero-order valence-corrected chi connectivity index (χ0v) is 30.3. The van der Waals surface area contributed by atoms with E-state index in [1.165, 1.54) is 47.9 Å². The summed E-state index contributed by atoms with van der Waals surface area (Å²) in [6, 6.07) is 35.6. The van der Waals surface area contributed by atoms with Crippen LogP contribution in [0.25, 0.3) is 0 Å². The van der Waals surface area contributed by atoms with Gasteiger partial charge in [-0.1, -0.05) is 110 Å². The van der Waals surface area contributed by atoms with Gasteiger partial charge in [0.1, 0.15) is 11.9 Å². The summed E-state index contributed by atoms with van der Waals surface area (Å²) in [5.41, 5.74) is 6.37. The molecule has 1 spiro atoms. The van der Waals surface area contributed by atoms with Crippen LogP contribution in [0.3, 0.4) is 0 Å². The lowest BCUT2D eigenvalue weighted by atomic mass is 9.50. The predicted molar refractivity (Wildman–Crippen MR) is 206 cm³/mol. The number of hydrogen-bond acceptors (Lipinski definition) is 5. The maximum Gasteiger partial charge on any atom is 0.166 e. The lowest BCUT2D eigenvalue weighted by Crippen LogP contribution is -2.69. The van der Waals surface area contributed by atoms with Crippen LogP contribution in [-0.4, -0.2) is 66.4 Å². The van der Waals surface area contributed by atoms with Crippen molar-refractivity contribution in [3.8, 4) is 17.2 Å². The van der Waals surface area contributed by atoms with E-state index in [4.69, 9.17) is 9.47 Å². The van der Waals surface area contributed by atoms with Crippen LogP contribution in [-0.2, 0) is 18.3 Å². The van der Waals surface area contributed by atoms with Crippen LogP contribution in [0.2, 0.25) is 0 Å². The Morgan fingerprint density at radius 1 is 0.941 bits per heavy atom. The zero-order chi connectivity index (χ0) is 34.8. The Hall–Kier alpha value is -4.06. The summed E-state index contributed by atoms with van der Waals surface area (Å²) in [5, 5.41) is 11.5. The van der Waals surface area contributed by atoms with E-state index in [-0.39, 0.29) is 23.5 Å². The van der Waals surface area contributed by atoms with E-state index in [0.717, 1.165) is 69.6 Å². The largest absolute Gasteiger partial charge is 0.508 e. The summed E-state index contributed by atoms with van der Waals surface area (Å²) in [7, 11) is 1.71. The number of unbranched alkanes of at least 4 members (excludes halogenated alkanes) is 3. The smallest absolute Gasteiger partial charge is 0.166 e. The second kappa shape index (κ2) is 14.9. The van der Waals surface area contributed by atoms with Crippen molar-refractivity contribution >= 4 is 0 Å². The van der Waals surface area contributed by atoms with Crippen LogP contribution < -0.4 is 9.47 Å². The van der Waals surface area contributed by atoms with Crippen molar-refractivity contribution in [1.82, 2.24) is 9.80 Å². The second-order valence-electron chi connectivity index (χ2n) is 15.4. The molecule has 2 aliphatic carbocycles. The number of phenols is 1. The van der Waals surface area contributed by atoms with Gasteiger partial charge in [-0.05, 0) is 80.6 Å². The number of likely N-dealkylation sites (tertiary alicyclic amines) is 1. The fourth-order valence-corrected chi connectivity index (χ4v) is 10.6. The van der Waals surface area contributed by atoms with Crippen molar-refractivity contribution in [2.24, 2.45) is 5.92 Å². The Morgan fingerprint density at radius 3 is 2.31 bits per heavy atom. The highest BCUT2D eigenvalue weighted by Gasteiger charge is 2.66. The third-order valence-electron chi connectivity index (χ3n) is 12.9. The molecule has 1 saturated heterocycles. The van der Waals surface area contributed by atoms with Gasteiger partial charge in [-0.25, -0.2) is 0 Å².